The minimum atomic E-state index is -0.688. The molecule has 0 saturated heterocycles. The first kappa shape index (κ1) is 20.7. The molecule has 0 aliphatic heterocycles. The van der Waals surface area contributed by atoms with Crippen molar-refractivity contribution < 1.29 is 22.6 Å². The Labute approximate surface area is 180 Å². The highest BCUT2D eigenvalue weighted by Gasteiger charge is 2.27. The molecule has 2 heterocycles. The maximum absolute atomic E-state index is 14.4. The van der Waals surface area contributed by atoms with Crippen molar-refractivity contribution >= 4 is 17.5 Å². The number of aromatic nitrogens is 3. The molecule has 0 aliphatic rings. The summed E-state index contributed by atoms with van der Waals surface area (Å²) in [7, 11) is 0. The molecule has 0 spiro atoms. The Morgan fingerprint density at radius 1 is 1.10 bits per heavy atom. The topological polar surface area (TPSA) is 94.1 Å². The first-order chi connectivity index (χ1) is 14.8. The number of halogens is 3. The largest absolute Gasteiger partial charge is 0.360 e. The molecule has 7 nitrogen and oxygen atoms in total. The van der Waals surface area contributed by atoms with E-state index in [2.05, 4.69) is 20.6 Å². The van der Waals surface area contributed by atoms with Crippen LogP contribution in [-0.4, -0.2) is 21.2 Å². The molecule has 2 aromatic heterocycles. The summed E-state index contributed by atoms with van der Waals surface area (Å²) in [6.07, 6.45) is 0. The lowest BCUT2D eigenvalue weighted by Crippen LogP contribution is -2.27. The number of carbonyl (C=O) groups is 1. The van der Waals surface area contributed by atoms with E-state index in [9.17, 15) is 13.6 Å². The Balaban J connectivity index is 1.58. The third kappa shape index (κ3) is 4.04. The van der Waals surface area contributed by atoms with E-state index in [0.29, 0.717) is 5.56 Å². The monoisotopic (exact) mass is 444 g/mol. The van der Waals surface area contributed by atoms with Crippen molar-refractivity contribution in [2.24, 2.45) is 0 Å². The van der Waals surface area contributed by atoms with Gasteiger partial charge in [-0.1, -0.05) is 28.0 Å². The maximum Gasteiger partial charge on any atom is 0.257 e. The lowest BCUT2D eigenvalue weighted by molar-refractivity contribution is 0.0931. The van der Waals surface area contributed by atoms with E-state index < -0.39 is 17.8 Å². The summed E-state index contributed by atoms with van der Waals surface area (Å²) >= 11 is 6.11. The molecule has 1 atom stereocenters. The summed E-state index contributed by atoms with van der Waals surface area (Å²) in [5, 5.41) is 10.5. The summed E-state index contributed by atoms with van der Waals surface area (Å²) in [6, 6.07) is 9.04. The molecule has 0 fully saturated rings. The Morgan fingerprint density at radius 2 is 1.84 bits per heavy atom. The van der Waals surface area contributed by atoms with Gasteiger partial charge >= 0.3 is 0 Å². The van der Waals surface area contributed by atoms with E-state index in [1.807, 2.05) is 0 Å². The van der Waals surface area contributed by atoms with E-state index in [0.717, 1.165) is 0 Å². The Kier molecular flexibility index (Phi) is 5.51. The van der Waals surface area contributed by atoms with Gasteiger partial charge in [-0.25, -0.2) is 8.78 Å². The zero-order valence-corrected chi connectivity index (χ0v) is 17.1. The van der Waals surface area contributed by atoms with Gasteiger partial charge in [0, 0.05) is 5.56 Å². The van der Waals surface area contributed by atoms with Crippen LogP contribution < -0.4 is 5.32 Å². The minimum absolute atomic E-state index is 0.0113. The third-order valence-electron chi connectivity index (χ3n) is 4.55. The molecule has 158 valence electrons. The van der Waals surface area contributed by atoms with E-state index in [4.69, 9.17) is 20.6 Å². The molecule has 0 saturated carbocycles. The van der Waals surface area contributed by atoms with Gasteiger partial charge in [0.05, 0.1) is 10.6 Å². The number of amides is 1. The molecule has 2 aromatic carbocycles. The number of nitrogens with zero attached hydrogens (tertiary/aromatic N) is 3. The molecule has 4 aromatic rings. The summed E-state index contributed by atoms with van der Waals surface area (Å²) in [5.74, 6) is -1.03. The first-order valence-corrected chi connectivity index (χ1v) is 9.54. The molecule has 1 unspecified atom stereocenters. The van der Waals surface area contributed by atoms with E-state index in [1.165, 1.54) is 49.4 Å². The highest BCUT2D eigenvalue weighted by molar-refractivity contribution is 6.33. The van der Waals surface area contributed by atoms with Crippen molar-refractivity contribution in [2.75, 3.05) is 0 Å². The second-order valence-corrected chi connectivity index (χ2v) is 7.12. The number of hydrogen-bond acceptors (Lipinski definition) is 6. The van der Waals surface area contributed by atoms with Crippen LogP contribution in [0.4, 0.5) is 8.78 Å². The van der Waals surface area contributed by atoms with Crippen LogP contribution in [0.15, 0.2) is 51.5 Å². The molecule has 1 N–H and O–H groups in total. The van der Waals surface area contributed by atoms with Crippen LogP contribution in [0.2, 0.25) is 5.02 Å². The molecule has 0 bridgehead atoms. The SMILES string of the molecule is Cc1onc(-c2c(F)cccc2Cl)c1C(=O)NC(C)c1nc(-c2ccc(F)cc2)no1. The predicted molar refractivity (Wildman–Crippen MR) is 107 cm³/mol. The fourth-order valence-corrected chi connectivity index (χ4v) is 3.24. The van der Waals surface area contributed by atoms with Crippen molar-refractivity contribution in [1.29, 1.82) is 0 Å². The van der Waals surface area contributed by atoms with Crippen LogP contribution >= 0.6 is 11.6 Å². The average molecular weight is 445 g/mol. The zero-order chi connectivity index (χ0) is 22.1. The van der Waals surface area contributed by atoms with Crippen LogP contribution in [-0.2, 0) is 0 Å². The van der Waals surface area contributed by atoms with Crippen LogP contribution in [0.25, 0.3) is 22.6 Å². The van der Waals surface area contributed by atoms with Crippen LogP contribution in [0.3, 0.4) is 0 Å². The van der Waals surface area contributed by atoms with Gasteiger partial charge in [0.1, 0.15) is 34.7 Å². The molecule has 10 heteroatoms. The van der Waals surface area contributed by atoms with Crippen molar-refractivity contribution in [3.05, 3.63) is 76.3 Å². The first-order valence-electron chi connectivity index (χ1n) is 9.16. The Hall–Kier alpha value is -3.59. The number of aryl methyl sites for hydroxylation is 1. The second kappa shape index (κ2) is 8.27. The standard InChI is InChI=1S/C21H15ClF2N4O3/c1-10(21-26-19(28-31-21)12-6-8-13(23)9-7-12)25-20(29)16-11(2)30-27-18(16)17-14(22)4-3-5-15(17)24/h3-10H,1-2H3,(H,25,29). The highest BCUT2D eigenvalue weighted by Crippen LogP contribution is 2.33. The fourth-order valence-electron chi connectivity index (χ4n) is 2.99. The lowest BCUT2D eigenvalue weighted by Gasteiger charge is -2.10. The Morgan fingerprint density at radius 3 is 2.55 bits per heavy atom. The van der Waals surface area contributed by atoms with Gasteiger partial charge in [0.25, 0.3) is 5.91 Å². The second-order valence-electron chi connectivity index (χ2n) is 6.72. The number of nitrogens with one attached hydrogen (secondary N) is 1. The Bertz CT molecular complexity index is 1230. The number of benzene rings is 2. The number of carbonyl (C=O) groups excluding carboxylic acids is 1. The van der Waals surface area contributed by atoms with Crippen LogP contribution in [0.5, 0.6) is 0 Å². The molecule has 4 rings (SSSR count). The normalized spacial score (nSPS) is 12.0. The highest BCUT2D eigenvalue weighted by atomic mass is 35.5. The van der Waals surface area contributed by atoms with Gasteiger partial charge in [-0.05, 0) is 50.2 Å². The quantitative estimate of drug-likeness (QED) is 0.459. The summed E-state index contributed by atoms with van der Waals surface area (Å²) < 4.78 is 37.8. The number of hydrogen-bond donors (Lipinski definition) is 1. The van der Waals surface area contributed by atoms with Gasteiger partial charge in [-0.2, -0.15) is 4.98 Å². The molecule has 0 radical (unpaired) electrons. The van der Waals surface area contributed by atoms with Crippen molar-refractivity contribution in [2.45, 2.75) is 19.9 Å². The van der Waals surface area contributed by atoms with E-state index in [1.54, 1.807) is 6.92 Å². The summed E-state index contributed by atoms with van der Waals surface area (Å²) in [4.78, 5) is 17.2. The van der Waals surface area contributed by atoms with Gasteiger partial charge in [-0.3, -0.25) is 4.79 Å². The third-order valence-corrected chi connectivity index (χ3v) is 4.87. The predicted octanol–water partition coefficient (Wildman–Crippen LogP) is 5.12. The zero-order valence-electron chi connectivity index (χ0n) is 16.3. The van der Waals surface area contributed by atoms with Crippen LogP contribution in [0, 0.1) is 18.6 Å². The molecule has 1 amide bonds. The van der Waals surface area contributed by atoms with Crippen molar-refractivity contribution in [3.63, 3.8) is 0 Å². The summed E-state index contributed by atoms with van der Waals surface area (Å²) in [5.41, 5.74) is 0.552. The number of rotatable bonds is 5. The van der Waals surface area contributed by atoms with Crippen molar-refractivity contribution in [3.8, 4) is 22.6 Å². The van der Waals surface area contributed by atoms with E-state index >= 15 is 0 Å². The van der Waals surface area contributed by atoms with Gasteiger partial charge in [0.2, 0.25) is 11.7 Å². The average Bonchev–Trinajstić information content (AvgIpc) is 3.36. The smallest absolute Gasteiger partial charge is 0.257 e. The van der Waals surface area contributed by atoms with Crippen LogP contribution in [0.1, 0.15) is 35.0 Å². The van der Waals surface area contributed by atoms with Gasteiger partial charge < -0.3 is 14.4 Å². The van der Waals surface area contributed by atoms with Gasteiger partial charge in [0.15, 0.2) is 0 Å². The minimum Gasteiger partial charge on any atom is -0.360 e. The molecule has 31 heavy (non-hydrogen) atoms. The fraction of sp³-hybridized carbons (Fsp3) is 0.143. The van der Waals surface area contributed by atoms with E-state index in [-0.39, 0.29) is 45.1 Å². The lowest BCUT2D eigenvalue weighted by atomic mass is 10.0. The summed E-state index contributed by atoms with van der Waals surface area (Å²) in [6.45, 7) is 3.17. The van der Waals surface area contributed by atoms with Crippen molar-refractivity contribution in [1.82, 2.24) is 20.6 Å². The van der Waals surface area contributed by atoms with Gasteiger partial charge in [-0.15, -0.1) is 0 Å². The molecule has 0 aliphatic carbocycles. The molecular formula is C21H15ClF2N4O3. The maximum atomic E-state index is 14.4. The molecular weight excluding hydrogens is 430 g/mol.